The third-order valence-corrected chi connectivity index (χ3v) is 12.1. The van der Waals surface area contributed by atoms with Crippen LogP contribution in [0, 0.1) is 6.92 Å². The summed E-state index contributed by atoms with van der Waals surface area (Å²) in [7, 11) is -3.96. The van der Waals surface area contributed by atoms with Gasteiger partial charge in [-0.1, -0.05) is 68.8 Å². The Hall–Kier alpha value is -1.95. The fourth-order valence-electron chi connectivity index (χ4n) is 2.66. The summed E-state index contributed by atoms with van der Waals surface area (Å²) in [4.78, 5) is 0.293. The van der Waals surface area contributed by atoms with E-state index in [1.54, 1.807) is 37.4 Å². The molecular formula is C25H35NO3SSi. The molecule has 2 aromatic rings. The molecule has 0 bridgehead atoms. The van der Waals surface area contributed by atoms with Gasteiger partial charge in [0.25, 0.3) is 0 Å². The van der Waals surface area contributed by atoms with Crippen LogP contribution in [-0.2, 0) is 14.4 Å². The Labute approximate surface area is 189 Å². The summed E-state index contributed by atoms with van der Waals surface area (Å²) in [6.07, 6.45) is 3.40. The van der Waals surface area contributed by atoms with E-state index in [4.69, 9.17) is 4.43 Å². The van der Waals surface area contributed by atoms with E-state index >= 15 is 0 Å². The highest BCUT2D eigenvalue weighted by atomic mass is 32.2. The third-order valence-electron chi connectivity index (χ3n) is 5.80. The van der Waals surface area contributed by atoms with Gasteiger partial charge in [0.05, 0.1) is 11.0 Å². The first-order valence-electron chi connectivity index (χ1n) is 10.5. The first-order chi connectivity index (χ1) is 14.3. The van der Waals surface area contributed by atoms with Crippen molar-refractivity contribution in [3.8, 4) is 0 Å². The number of likely N-dealkylation sites (N-methyl/N-ethyl adjacent to an activating group) is 1. The van der Waals surface area contributed by atoms with E-state index in [1.807, 2.05) is 43.3 Å². The summed E-state index contributed by atoms with van der Waals surface area (Å²) in [5, 5.41) is 0.0833. The van der Waals surface area contributed by atoms with Crippen LogP contribution in [0.1, 0.15) is 38.0 Å². The van der Waals surface area contributed by atoms with E-state index < -0.39 is 18.3 Å². The zero-order valence-electron chi connectivity index (χ0n) is 19.7. The fourth-order valence-corrected chi connectivity index (χ4v) is 4.96. The fraction of sp³-hybridized carbons (Fsp3) is 0.400. The standard InChI is InChI=1S/C25H35NO3SSi/c1-21-16-18-23(19-17-21)30(27,28)26(5)20-12-11-15-24(22-13-9-8-10-14-22)29-31(6,7)25(2,3)4/h8-10,12-19,24H,20H2,1-7H3/t11?,24-/m0/s1. The summed E-state index contributed by atoms with van der Waals surface area (Å²) in [5.74, 6) is 0. The van der Waals surface area contributed by atoms with Gasteiger partial charge in [0.2, 0.25) is 10.0 Å². The van der Waals surface area contributed by atoms with Gasteiger partial charge in [-0.05, 0) is 54.9 Å². The molecule has 0 N–H and O–H groups in total. The maximum Gasteiger partial charge on any atom is 0.243 e. The van der Waals surface area contributed by atoms with Crippen molar-refractivity contribution < 1.29 is 12.8 Å². The minimum absolute atomic E-state index is 0.0833. The predicted octanol–water partition coefficient (Wildman–Crippen LogP) is 6.09. The summed E-state index contributed by atoms with van der Waals surface area (Å²) < 4.78 is 33.4. The Kier molecular flexibility index (Phi) is 8.25. The molecule has 0 unspecified atom stereocenters. The normalized spacial score (nSPS) is 13.5. The molecular weight excluding hydrogens is 422 g/mol. The van der Waals surface area contributed by atoms with Crippen molar-refractivity contribution in [1.82, 2.24) is 4.31 Å². The SMILES string of the molecule is Cc1ccc(S(=O)(=O)N(C)CC=C=C[C@H](O[Si](C)(C)C(C)(C)C)c2ccccc2)cc1. The quantitative estimate of drug-likeness (QED) is 0.356. The van der Waals surface area contributed by atoms with Crippen LogP contribution < -0.4 is 0 Å². The lowest BCUT2D eigenvalue weighted by Crippen LogP contribution is -2.41. The van der Waals surface area contributed by atoms with Gasteiger partial charge >= 0.3 is 0 Å². The van der Waals surface area contributed by atoms with Gasteiger partial charge < -0.3 is 4.43 Å². The van der Waals surface area contributed by atoms with Gasteiger partial charge in [0, 0.05) is 13.6 Å². The second-order valence-corrected chi connectivity index (χ2v) is 16.1. The van der Waals surface area contributed by atoms with Crippen LogP contribution >= 0.6 is 0 Å². The molecule has 0 aliphatic rings. The predicted molar refractivity (Wildman–Crippen MR) is 131 cm³/mol. The van der Waals surface area contributed by atoms with Crippen LogP contribution in [0.2, 0.25) is 18.1 Å². The van der Waals surface area contributed by atoms with Crippen molar-refractivity contribution in [2.75, 3.05) is 13.6 Å². The van der Waals surface area contributed by atoms with Crippen LogP contribution in [0.3, 0.4) is 0 Å². The number of rotatable bonds is 8. The number of hydrogen-bond acceptors (Lipinski definition) is 3. The molecule has 168 valence electrons. The third kappa shape index (κ3) is 6.76. The highest BCUT2D eigenvalue weighted by molar-refractivity contribution is 7.89. The lowest BCUT2D eigenvalue weighted by molar-refractivity contribution is 0.229. The first-order valence-corrected chi connectivity index (χ1v) is 14.9. The largest absolute Gasteiger partial charge is 0.406 e. The maximum absolute atomic E-state index is 12.7. The van der Waals surface area contributed by atoms with Crippen LogP contribution in [0.4, 0.5) is 0 Å². The van der Waals surface area contributed by atoms with Crippen molar-refractivity contribution in [1.29, 1.82) is 0 Å². The number of benzene rings is 2. The zero-order chi connectivity index (χ0) is 23.3. The Morgan fingerprint density at radius 1 is 1.06 bits per heavy atom. The maximum atomic E-state index is 12.7. The molecule has 0 aromatic heterocycles. The van der Waals surface area contributed by atoms with Crippen LogP contribution in [0.15, 0.2) is 77.4 Å². The molecule has 31 heavy (non-hydrogen) atoms. The zero-order valence-corrected chi connectivity index (χ0v) is 21.5. The lowest BCUT2D eigenvalue weighted by atomic mass is 10.1. The summed E-state index contributed by atoms with van der Waals surface area (Å²) in [6, 6.07) is 17.0. The highest BCUT2D eigenvalue weighted by Gasteiger charge is 2.39. The molecule has 0 heterocycles. The van der Waals surface area contributed by atoms with Crippen LogP contribution in [-0.4, -0.2) is 34.6 Å². The number of aryl methyl sites for hydroxylation is 1. The Bertz CT molecular complexity index is 1020. The average Bonchev–Trinajstić information content (AvgIpc) is 2.70. The molecule has 0 spiro atoms. The summed E-state index contributed by atoms with van der Waals surface area (Å²) >= 11 is 0. The van der Waals surface area contributed by atoms with E-state index in [2.05, 4.69) is 39.6 Å². The minimum Gasteiger partial charge on any atom is -0.406 e. The van der Waals surface area contributed by atoms with Gasteiger partial charge in [-0.3, -0.25) is 0 Å². The van der Waals surface area contributed by atoms with Gasteiger partial charge in [-0.25, -0.2) is 8.42 Å². The topological polar surface area (TPSA) is 46.6 Å². The van der Waals surface area contributed by atoms with Crippen molar-refractivity contribution in [2.24, 2.45) is 0 Å². The van der Waals surface area contributed by atoms with Gasteiger partial charge in [-0.15, -0.1) is 5.73 Å². The minimum atomic E-state index is -3.53. The first kappa shape index (κ1) is 25.3. The number of nitrogens with zero attached hydrogens (tertiary/aromatic N) is 1. The molecule has 0 aliphatic carbocycles. The van der Waals surface area contributed by atoms with E-state index in [0.717, 1.165) is 11.1 Å². The van der Waals surface area contributed by atoms with E-state index in [0.29, 0.717) is 4.90 Å². The van der Waals surface area contributed by atoms with Crippen molar-refractivity contribution >= 4 is 18.3 Å². The Morgan fingerprint density at radius 3 is 2.19 bits per heavy atom. The molecule has 2 rings (SSSR count). The molecule has 6 heteroatoms. The Balaban J connectivity index is 2.20. The summed E-state index contributed by atoms with van der Waals surface area (Å²) in [6.45, 7) is 13.3. The van der Waals surface area contributed by atoms with Crippen LogP contribution in [0.5, 0.6) is 0 Å². The average molecular weight is 458 g/mol. The molecule has 0 fully saturated rings. The lowest BCUT2D eigenvalue weighted by Gasteiger charge is -2.38. The van der Waals surface area contributed by atoms with Crippen molar-refractivity contribution in [3.05, 3.63) is 83.6 Å². The molecule has 0 aliphatic heterocycles. The Morgan fingerprint density at radius 2 is 1.65 bits per heavy atom. The number of hydrogen-bond donors (Lipinski definition) is 0. The smallest absolute Gasteiger partial charge is 0.243 e. The van der Waals surface area contributed by atoms with Crippen molar-refractivity contribution in [3.63, 3.8) is 0 Å². The monoisotopic (exact) mass is 457 g/mol. The molecule has 1 atom stereocenters. The molecule has 4 nitrogen and oxygen atoms in total. The van der Waals surface area contributed by atoms with E-state index in [-0.39, 0.29) is 17.7 Å². The van der Waals surface area contributed by atoms with Crippen molar-refractivity contribution in [2.45, 2.75) is 56.8 Å². The van der Waals surface area contributed by atoms with Gasteiger partial charge in [-0.2, -0.15) is 4.31 Å². The molecule has 2 aromatic carbocycles. The molecule has 0 amide bonds. The van der Waals surface area contributed by atoms with Gasteiger partial charge in [0.1, 0.15) is 0 Å². The second kappa shape index (κ2) is 10.1. The molecule has 0 saturated heterocycles. The number of sulfonamides is 1. The van der Waals surface area contributed by atoms with E-state index in [1.165, 1.54) is 4.31 Å². The highest BCUT2D eigenvalue weighted by Crippen LogP contribution is 2.40. The second-order valence-electron chi connectivity index (χ2n) is 9.35. The summed E-state index contributed by atoms with van der Waals surface area (Å²) in [5.41, 5.74) is 5.25. The van der Waals surface area contributed by atoms with Crippen LogP contribution in [0.25, 0.3) is 0 Å². The molecule has 0 radical (unpaired) electrons. The molecule has 0 saturated carbocycles. The van der Waals surface area contributed by atoms with Gasteiger partial charge in [0.15, 0.2) is 8.32 Å². The van der Waals surface area contributed by atoms with E-state index in [9.17, 15) is 8.42 Å².